The van der Waals surface area contributed by atoms with Gasteiger partial charge in [0.2, 0.25) is 0 Å². The molecule has 1 unspecified atom stereocenters. The van der Waals surface area contributed by atoms with Gasteiger partial charge in [-0.05, 0) is 24.1 Å². The van der Waals surface area contributed by atoms with E-state index in [1.807, 2.05) is 36.1 Å². The average Bonchev–Trinajstić information content (AvgIpc) is 2.29. The molecule has 0 spiro atoms. The summed E-state index contributed by atoms with van der Waals surface area (Å²) < 4.78 is 0. The van der Waals surface area contributed by atoms with Crippen LogP contribution in [0.1, 0.15) is 24.9 Å². The standard InChI is InChI=1S/C14H18ClNO2/c1-3-8-16(10-14(17)18)13(4-2)11-6-5-7-12(15)9-11/h3,5-7,9,13H,1,4,8,10H2,2H3,(H,17,18). The lowest BCUT2D eigenvalue weighted by Gasteiger charge is -2.29. The van der Waals surface area contributed by atoms with Crippen LogP contribution in [-0.2, 0) is 4.79 Å². The Morgan fingerprint density at radius 1 is 1.61 bits per heavy atom. The summed E-state index contributed by atoms with van der Waals surface area (Å²) in [5, 5.41) is 9.62. The van der Waals surface area contributed by atoms with Crippen molar-refractivity contribution in [1.29, 1.82) is 0 Å². The Balaban J connectivity index is 2.96. The predicted molar refractivity (Wildman–Crippen MR) is 73.9 cm³/mol. The summed E-state index contributed by atoms with van der Waals surface area (Å²) in [6, 6.07) is 7.59. The molecule has 1 atom stereocenters. The molecule has 1 aromatic rings. The highest BCUT2D eigenvalue weighted by atomic mass is 35.5. The lowest BCUT2D eigenvalue weighted by atomic mass is 10.0. The highest BCUT2D eigenvalue weighted by molar-refractivity contribution is 6.30. The van der Waals surface area contributed by atoms with Crippen LogP contribution in [0, 0.1) is 0 Å². The fourth-order valence-electron chi connectivity index (χ4n) is 2.06. The van der Waals surface area contributed by atoms with Crippen LogP contribution < -0.4 is 0 Å². The first-order valence-corrected chi connectivity index (χ1v) is 6.28. The monoisotopic (exact) mass is 267 g/mol. The van der Waals surface area contributed by atoms with Crippen molar-refractivity contribution in [3.05, 3.63) is 47.5 Å². The number of benzene rings is 1. The second kappa shape index (κ2) is 7.19. The van der Waals surface area contributed by atoms with Gasteiger partial charge in [-0.2, -0.15) is 0 Å². The Morgan fingerprint density at radius 2 is 2.33 bits per heavy atom. The van der Waals surface area contributed by atoms with Crippen molar-refractivity contribution in [3.63, 3.8) is 0 Å². The number of rotatable bonds is 7. The lowest BCUT2D eigenvalue weighted by molar-refractivity contribution is -0.138. The van der Waals surface area contributed by atoms with Gasteiger partial charge in [-0.1, -0.05) is 36.7 Å². The van der Waals surface area contributed by atoms with E-state index in [1.165, 1.54) is 0 Å². The van der Waals surface area contributed by atoms with E-state index in [-0.39, 0.29) is 12.6 Å². The van der Waals surface area contributed by atoms with Crippen molar-refractivity contribution in [2.45, 2.75) is 19.4 Å². The van der Waals surface area contributed by atoms with Crippen LogP contribution in [0.2, 0.25) is 5.02 Å². The number of nitrogens with zero attached hydrogens (tertiary/aromatic N) is 1. The van der Waals surface area contributed by atoms with Crippen LogP contribution in [0.25, 0.3) is 0 Å². The molecule has 0 fully saturated rings. The van der Waals surface area contributed by atoms with E-state index < -0.39 is 5.97 Å². The minimum Gasteiger partial charge on any atom is -0.480 e. The van der Waals surface area contributed by atoms with Crippen molar-refractivity contribution in [3.8, 4) is 0 Å². The van der Waals surface area contributed by atoms with Gasteiger partial charge in [0.25, 0.3) is 0 Å². The van der Waals surface area contributed by atoms with E-state index in [2.05, 4.69) is 6.58 Å². The molecule has 0 aromatic heterocycles. The van der Waals surface area contributed by atoms with E-state index in [0.29, 0.717) is 11.6 Å². The molecular weight excluding hydrogens is 250 g/mol. The summed E-state index contributed by atoms with van der Waals surface area (Å²) >= 11 is 5.98. The van der Waals surface area contributed by atoms with Crippen molar-refractivity contribution in [1.82, 2.24) is 4.90 Å². The predicted octanol–water partition coefficient (Wildman–Crippen LogP) is 3.36. The summed E-state index contributed by atoms with van der Waals surface area (Å²) in [5.74, 6) is -0.836. The fourth-order valence-corrected chi connectivity index (χ4v) is 2.26. The minimum atomic E-state index is -0.836. The highest BCUT2D eigenvalue weighted by Gasteiger charge is 2.20. The fraction of sp³-hybridized carbons (Fsp3) is 0.357. The quantitative estimate of drug-likeness (QED) is 0.770. The maximum atomic E-state index is 10.9. The van der Waals surface area contributed by atoms with Gasteiger partial charge in [0.05, 0.1) is 6.54 Å². The van der Waals surface area contributed by atoms with E-state index in [4.69, 9.17) is 16.7 Å². The number of carbonyl (C=O) groups is 1. The molecule has 0 aliphatic carbocycles. The van der Waals surface area contributed by atoms with Crippen LogP contribution in [0.5, 0.6) is 0 Å². The second-order valence-corrected chi connectivity index (χ2v) is 4.53. The van der Waals surface area contributed by atoms with Crippen LogP contribution >= 0.6 is 11.6 Å². The first-order valence-electron chi connectivity index (χ1n) is 5.90. The number of hydrogen-bond donors (Lipinski definition) is 1. The molecule has 0 saturated carbocycles. The van der Waals surface area contributed by atoms with Crippen molar-refractivity contribution < 1.29 is 9.90 Å². The molecule has 0 heterocycles. The van der Waals surface area contributed by atoms with Crippen molar-refractivity contribution >= 4 is 17.6 Å². The first kappa shape index (κ1) is 14.7. The molecule has 98 valence electrons. The molecule has 1 rings (SSSR count). The normalized spacial score (nSPS) is 12.4. The van der Waals surface area contributed by atoms with E-state index in [1.54, 1.807) is 6.08 Å². The number of carboxylic acid groups (broad SMARTS) is 1. The maximum absolute atomic E-state index is 10.9. The molecule has 0 radical (unpaired) electrons. The topological polar surface area (TPSA) is 40.5 Å². The molecule has 4 heteroatoms. The number of aliphatic carboxylic acids is 1. The molecule has 1 N–H and O–H groups in total. The van der Waals surface area contributed by atoms with Gasteiger partial charge in [0.1, 0.15) is 0 Å². The highest BCUT2D eigenvalue weighted by Crippen LogP contribution is 2.26. The van der Waals surface area contributed by atoms with E-state index >= 15 is 0 Å². The zero-order valence-corrected chi connectivity index (χ0v) is 11.2. The Bertz CT molecular complexity index is 420. The Morgan fingerprint density at radius 3 is 2.83 bits per heavy atom. The van der Waals surface area contributed by atoms with Gasteiger partial charge in [-0.15, -0.1) is 6.58 Å². The van der Waals surface area contributed by atoms with Gasteiger partial charge in [0.15, 0.2) is 0 Å². The number of hydrogen-bond acceptors (Lipinski definition) is 2. The first-order chi connectivity index (χ1) is 8.58. The molecule has 0 amide bonds. The maximum Gasteiger partial charge on any atom is 0.317 e. The molecule has 3 nitrogen and oxygen atoms in total. The van der Waals surface area contributed by atoms with Crippen LogP contribution in [0.4, 0.5) is 0 Å². The van der Waals surface area contributed by atoms with Gasteiger partial charge in [-0.25, -0.2) is 0 Å². The van der Waals surface area contributed by atoms with Crippen LogP contribution in [0.3, 0.4) is 0 Å². The van der Waals surface area contributed by atoms with Gasteiger partial charge in [0, 0.05) is 17.6 Å². The lowest BCUT2D eigenvalue weighted by Crippen LogP contribution is -2.33. The molecule has 0 aliphatic heterocycles. The third-order valence-electron chi connectivity index (χ3n) is 2.76. The zero-order valence-electron chi connectivity index (χ0n) is 10.5. The Hall–Kier alpha value is -1.32. The van der Waals surface area contributed by atoms with E-state index in [9.17, 15) is 4.79 Å². The third kappa shape index (κ3) is 4.17. The average molecular weight is 268 g/mol. The summed E-state index contributed by atoms with van der Waals surface area (Å²) in [6.07, 6.45) is 2.54. The van der Waals surface area contributed by atoms with Crippen molar-refractivity contribution in [2.24, 2.45) is 0 Å². The zero-order chi connectivity index (χ0) is 13.5. The molecular formula is C14H18ClNO2. The Kier molecular flexibility index (Phi) is 5.89. The summed E-state index contributed by atoms with van der Waals surface area (Å²) in [7, 11) is 0. The number of carboxylic acids is 1. The molecule has 0 aliphatic rings. The smallest absolute Gasteiger partial charge is 0.317 e. The van der Waals surface area contributed by atoms with Gasteiger partial charge in [-0.3, -0.25) is 9.69 Å². The summed E-state index contributed by atoms with van der Waals surface area (Å²) in [4.78, 5) is 12.8. The van der Waals surface area contributed by atoms with Crippen LogP contribution in [-0.4, -0.2) is 29.1 Å². The van der Waals surface area contributed by atoms with Crippen molar-refractivity contribution in [2.75, 3.05) is 13.1 Å². The molecule has 18 heavy (non-hydrogen) atoms. The third-order valence-corrected chi connectivity index (χ3v) is 3.00. The summed E-state index contributed by atoms with van der Waals surface area (Å²) in [6.45, 7) is 6.24. The second-order valence-electron chi connectivity index (χ2n) is 4.09. The van der Waals surface area contributed by atoms with Crippen LogP contribution in [0.15, 0.2) is 36.9 Å². The van der Waals surface area contributed by atoms with Gasteiger partial charge < -0.3 is 5.11 Å². The minimum absolute atomic E-state index is 0.00294. The largest absolute Gasteiger partial charge is 0.480 e. The SMILES string of the molecule is C=CCN(CC(=O)O)C(CC)c1cccc(Cl)c1. The van der Waals surface area contributed by atoms with Gasteiger partial charge >= 0.3 is 5.97 Å². The summed E-state index contributed by atoms with van der Waals surface area (Å²) in [5.41, 5.74) is 1.04. The molecule has 0 bridgehead atoms. The Labute approximate surface area is 113 Å². The molecule has 1 aromatic carbocycles. The van der Waals surface area contributed by atoms with E-state index in [0.717, 1.165) is 12.0 Å². The molecule has 0 saturated heterocycles. The number of halogens is 1.